The molecule has 2 aromatic rings. The number of nitro groups is 1. The molecule has 0 spiro atoms. The summed E-state index contributed by atoms with van der Waals surface area (Å²) in [7, 11) is 1.24. The molecular weight excluding hydrogens is 542 g/mol. The molecular formula is C31H39N3O8. The van der Waals surface area contributed by atoms with Gasteiger partial charge in [0, 0.05) is 24.1 Å². The summed E-state index contributed by atoms with van der Waals surface area (Å²) in [4.78, 5) is 62.5. The molecule has 0 aliphatic heterocycles. The van der Waals surface area contributed by atoms with Gasteiger partial charge >= 0.3 is 11.9 Å². The molecule has 0 aromatic heterocycles. The molecule has 2 aromatic carbocycles. The normalized spacial score (nSPS) is 20.2. The molecule has 2 N–H and O–H groups in total. The van der Waals surface area contributed by atoms with Crippen LogP contribution in [0.2, 0.25) is 0 Å². The molecule has 1 fully saturated rings. The van der Waals surface area contributed by atoms with Crippen molar-refractivity contribution in [2.75, 3.05) is 12.4 Å². The van der Waals surface area contributed by atoms with Gasteiger partial charge in [-0.3, -0.25) is 24.5 Å². The Bertz CT molecular complexity index is 1360. The van der Waals surface area contributed by atoms with Crippen molar-refractivity contribution >= 4 is 35.1 Å². The quantitative estimate of drug-likeness (QED) is 0.242. The molecule has 3 rings (SSSR count). The summed E-state index contributed by atoms with van der Waals surface area (Å²) < 4.78 is 10.6. The minimum atomic E-state index is -0.987. The lowest BCUT2D eigenvalue weighted by Crippen LogP contribution is -2.51. The molecule has 226 valence electrons. The van der Waals surface area contributed by atoms with E-state index in [4.69, 9.17) is 9.47 Å². The number of nitro benzene ring substituents is 1. The fraction of sp³-hybridized carbons (Fsp3) is 0.484. The molecule has 1 unspecified atom stereocenters. The maximum Gasteiger partial charge on any atom is 0.328 e. The molecule has 1 aliphatic carbocycles. The van der Waals surface area contributed by atoms with E-state index in [0.29, 0.717) is 24.1 Å². The minimum absolute atomic E-state index is 0.0716. The van der Waals surface area contributed by atoms with Crippen molar-refractivity contribution in [1.82, 2.24) is 5.32 Å². The van der Waals surface area contributed by atoms with Gasteiger partial charge in [-0.1, -0.05) is 38.1 Å². The number of nitrogens with one attached hydrogen (secondary N) is 2. The van der Waals surface area contributed by atoms with Crippen LogP contribution in [0.15, 0.2) is 48.5 Å². The minimum Gasteiger partial charge on any atom is -0.467 e. The molecule has 3 atom stereocenters. The molecule has 0 heterocycles. The van der Waals surface area contributed by atoms with Gasteiger partial charge in [-0.2, -0.15) is 0 Å². The van der Waals surface area contributed by atoms with E-state index in [1.54, 1.807) is 45.0 Å². The Kier molecular flexibility index (Phi) is 9.44. The standard InChI is InChI=1S/C31H39N3O8/c1-29(2,3)42-28(38)31(6)17-16-22(30(31,4)5)26(36)33-23(27(37)41-7)18-19-12-14-20(15-13-19)32-25(35)21-10-8-9-11-24(21)34(39)40/h8-15,22-23H,16-18H2,1-7H3,(H,32,35)(H,33,36)/t22-,23?,31+/m1/s1. The summed E-state index contributed by atoms with van der Waals surface area (Å²) in [5.41, 5.74) is -1.59. The third-order valence-corrected chi connectivity index (χ3v) is 8.19. The topological polar surface area (TPSA) is 154 Å². The number of esters is 2. The number of amides is 2. The van der Waals surface area contributed by atoms with Crippen LogP contribution in [0.5, 0.6) is 0 Å². The number of anilines is 1. The summed E-state index contributed by atoms with van der Waals surface area (Å²) in [5, 5.41) is 16.7. The van der Waals surface area contributed by atoms with E-state index in [0.717, 1.165) is 0 Å². The van der Waals surface area contributed by atoms with Crippen molar-refractivity contribution in [3.8, 4) is 0 Å². The summed E-state index contributed by atoms with van der Waals surface area (Å²) in [6, 6.07) is 11.2. The largest absolute Gasteiger partial charge is 0.467 e. The molecule has 42 heavy (non-hydrogen) atoms. The van der Waals surface area contributed by atoms with Crippen LogP contribution in [-0.2, 0) is 30.3 Å². The molecule has 11 nitrogen and oxygen atoms in total. The van der Waals surface area contributed by atoms with Gasteiger partial charge in [0.2, 0.25) is 5.91 Å². The first-order valence-corrected chi connectivity index (χ1v) is 13.8. The van der Waals surface area contributed by atoms with Crippen LogP contribution in [0.4, 0.5) is 11.4 Å². The average Bonchev–Trinajstić information content (AvgIpc) is 3.17. The Morgan fingerprint density at radius 3 is 2.24 bits per heavy atom. The first kappa shape index (κ1) is 32.2. The van der Waals surface area contributed by atoms with E-state index < -0.39 is 45.2 Å². The van der Waals surface area contributed by atoms with Crippen molar-refractivity contribution in [3.63, 3.8) is 0 Å². The van der Waals surface area contributed by atoms with Crippen LogP contribution in [0.3, 0.4) is 0 Å². The second-order valence-electron chi connectivity index (χ2n) is 12.4. The van der Waals surface area contributed by atoms with Crippen LogP contribution < -0.4 is 10.6 Å². The molecule has 1 aliphatic rings. The van der Waals surface area contributed by atoms with Crippen LogP contribution >= 0.6 is 0 Å². The molecule has 0 bridgehead atoms. The lowest BCUT2D eigenvalue weighted by molar-refractivity contribution is -0.385. The zero-order chi connectivity index (χ0) is 31.5. The van der Waals surface area contributed by atoms with E-state index >= 15 is 0 Å². The summed E-state index contributed by atoms with van der Waals surface area (Å²) in [5.74, 6) is -2.50. The fourth-order valence-corrected chi connectivity index (χ4v) is 5.31. The van der Waals surface area contributed by atoms with Crippen molar-refractivity contribution in [3.05, 3.63) is 69.8 Å². The van der Waals surface area contributed by atoms with Crippen LogP contribution in [0.25, 0.3) is 0 Å². The second-order valence-corrected chi connectivity index (χ2v) is 12.4. The summed E-state index contributed by atoms with van der Waals surface area (Å²) >= 11 is 0. The Balaban J connectivity index is 1.71. The number of carbonyl (C=O) groups excluding carboxylic acids is 4. The SMILES string of the molecule is COC(=O)C(Cc1ccc(NC(=O)c2ccccc2[N+](=O)[O-])cc1)NC(=O)[C@H]1CC[C@@](C)(C(=O)OC(C)(C)C)C1(C)C. The summed E-state index contributed by atoms with van der Waals surface area (Å²) in [6.07, 6.45) is 1.04. The highest BCUT2D eigenvalue weighted by molar-refractivity contribution is 6.07. The van der Waals surface area contributed by atoms with Crippen molar-refractivity contribution in [1.29, 1.82) is 0 Å². The van der Waals surface area contributed by atoms with Crippen molar-refractivity contribution in [2.24, 2.45) is 16.7 Å². The van der Waals surface area contributed by atoms with Crippen molar-refractivity contribution in [2.45, 2.75) is 72.4 Å². The van der Waals surface area contributed by atoms with E-state index in [9.17, 15) is 29.3 Å². The first-order valence-electron chi connectivity index (χ1n) is 13.8. The van der Waals surface area contributed by atoms with E-state index in [1.807, 2.05) is 20.8 Å². The van der Waals surface area contributed by atoms with Gasteiger partial charge in [-0.15, -0.1) is 0 Å². The van der Waals surface area contributed by atoms with E-state index in [-0.39, 0.29) is 29.5 Å². The van der Waals surface area contributed by atoms with Gasteiger partial charge in [0.1, 0.15) is 17.2 Å². The number of carbonyl (C=O) groups is 4. The number of ether oxygens (including phenoxy) is 2. The Morgan fingerprint density at radius 2 is 1.67 bits per heavy atom. The number of para-hydroxylation sites is 1. The zero-order valence-electron chi connectivity index (χ0n) is 25.1. The smallest absolute Gasteiger partial charge is 0.328 e. The van der Waals surface area contributed by atoms with Crippen LogP contribution in [0.1, 0.15) is 70.3 Å². The fourth-order valence-electron chi connectivity index (χ4n) is 5.31. The first-order chi connectivity index (χ1) is 19.5. The Labute approximate surface area is 245 Å². The maximum atomic E-state index is 13.5. The number of benzene rings is 2. The summed E-state index contributed by atoms with van der Waals surface area (Å²) in [6.45, 7) is 11.0. The molecule has 11 heteroatoms. The van der Waals surface area contributed by atoms with Crippen LogP contribution in [-0.4, -0.2) is 47.4 Å². The third kappa shape index (κ3) is 6.95. The maximum absolute atomic E-state index is 13.5. The zero-order valence-corrected chi connectivity index (χ0v) is 25.1. The molecule has 2 amide bonds. The number of rotatable bonds is 9. The number of methoxy groups -OCH3 is 1. The number of hydrogen-bond donors (Lipinski definition) is 2. The van der Waals surface area contributed by atoms with Gasteiger partial charge in [0.15, 0.2) is 0 Å². The molecule has 1 saturated carbocycles. The predicted octanol–water partition coefficient (Wildman–Crippen LogP) is 4.83. The van der Waals surface area contributed by atoms with Gasteiger partial charge in [0.05, 0.1) is 17.4 Å². The highest BCUT2D eigenvalue weighted by Crippen LogP contribution is 2.57. The molecule has 0 saturated heterocycles. The van der Waals surface area contributed by atoms with Gasteiger partial charge in [-0.05, 0) is 69.7 Å². The second kappa shape index (κ2) is 12.3. The van der Waals surface area contributed by atoms with Gasteiger partial charge in [-0.25, -0.2) is 4.79 Å². The monoisotopic (exact) mass is 581 g/mol. The van der Waals surface area contributed by atoms with Gasteiger partial charge in [0.25, 0.3) is 11.6 Å². The highest BCUT2D eigenvalue weighted by atomic mass is 16.6. The lowest BCUT2D eigenvalue weighted by atomic mass is 9.65. The molecule has 0 radical (unpaired) electrons. The predicted molar refractivity (Wildman–Crippen MR) is 156 cm³/mol. The van der Waals surface area contributed by atoms with Crippen molar-refractivity contribution < 1.29 is 33.6 Å². The third-order valence-electron chi connectivity index (χ3n) is 8.19. The number of hydrogen-bond acceptors (Lipinski definition) is 8. The Morgan fingerprint density at radius 1 is 1.05 bits per heavy atom. The van der Waals surface area contributed by atoms with Gasteiger partial charge < -0.3 is 20.1 Å². The number of nitrogens with zero attached hydrogens (tertiary/aromatic N) is 1. The Hall–Kier alpha value is -4.28. The lowest BCUT2D eigenvalue weighted by Gasteiger charge is -2.40. The van der Waals surface area contributed by atoms with Crippen LogP contribution in [0, 0.1) is 26.9 Å². The van der Waals surface area contributed by atoms with E-state index in [1.165, 1.54) is 31.4 Å². The highest BCUT2D eigenvalue weighted by Gasteiger charge is 2.59. The average molecular weight is 582 g/mol. The van der Waals surface area contributed by atoms with E-state index in [2.05, 4.69) is 10.6 Å².